The molecule has 0 aliphatic heterocycles. The molecule has 0 heterocycles. The van der Waals surface area contributed by atoms with E-state index in [2.05, 4.69) is 4.72 Å². The summed E-state index contributed by atoms with van der Waals surface area (Å²) in [6, 6.07) is 4.64. The van der Waals surface area contributed by atoms with Crippen molar-refractivity contribution in [2.75, 3.05) is 12.8 Å². The van der Waals surface area contributed by atoms with Gasteiger partial charge in [0.15, 0.2) is 0 Å². The number of nitrogens with one attached hydrogen (secondary N) is 1. The Kier molecular flexibility index (Phi) is 4.47. The third kappa shape index (κ3) is 3.44. The van der Waals surface area contributed by atoms with Gasteiger partial charge in [0.25, 0.3) is 0 Å². The maximum Gasteiger partial charge on any atom is 0.240 e. The van der Waals surface area contributed by atoms with Crippen molar-refractivity contribution in [3.8, 4) is 0 Å². The molecular formula is C12H17ClN2O2S2. The van der Waals surface area contributed by atoms with E-state index < -0.39 is 10.0 Å². The Balaban J connectivity index is 2.13. The largest absolute Gasteiger partial charge is 0.326 e. The van der Waals surface area contributed by atoms with Crippen molar-refractivity contribution in [3.63, 3.8) is 0 Å². The molecule has 1 saturated carbocycles. The van der Waals surface area contributed by atoms with E-state index in [-0.39, 0.29) is 9.64 Å². The predicted octanol–water partition coefficient (Wildman–Crippen LogP) is 1.97. The standard InChI is InChI=1S/C12H17ClN2O2S2/c1-18-12(4-5-12)8-15-19(16,17)10-3-2-9(7-14)11(13)6-10/h2-3,6,15H,4-5,7-8,14H2,1H3. The normalized spacial score (nSPS) is 17.4. The van der Waals surface area contributed by atoms with Crippen LogP contribution in [-0.4, -0.2) is 26.0 Å². The van der Waals surface area contributed by atoms with Crippen molar-refractivity contribution in [2.45, 2.75) is 29.0 Å². The number of thioether (sulfide) groups is 1. The lowest BCUT2D eigenvalue weighted by Crippen LogP contribution is -2.31. The van der Waals surface area contributed by atoms with Crippen LogP contribution in [0.5, 0.6) is 0 Å². The highest BCUT2D eigenvalue weighted by molar-refractivity contribution is 8.00. The van der Waals surface area contributed by atoms with Crippen molar-refractivity contribution in [2.24, 2.45) is 5.73 Å². The van der Waals surface area contributed by atoms with Gasteiger partial charge >= 0.3 is 0 Å². The first kappa shape index (κ1) is 15.1. The summed E-state index contributed by atoms with van der Waals surface area (Å²) >= 11 is 7.70. The molecule has 3 N–H and O–H groups in total. The summed E-state index contributed by atoms with van der Waals surface area (Å²) in [4.78, 5) is 0.187. The maximum absolute atomic E-state index is 12.2. The van der Waals surface area contributed by atoms with E-state index in [1.165, 1.54) is 12.1 Å². The fraction of sp³-hybridized carbons (Fsp3) is 0.500. The van der Waals surface area contributed by atoms with Crippen LogP contribution in [0, 0.1) is 0 Å². The molecule has 0 aromatic heterocycles. The SMILES string of the molecule is CSC1(CNS(=O)(=O)c2ccc(CN)c(Cl)c2)CC1. The number of sulfonamides is 1. The van der Waals surface area contributed by atoms with E-state index in [0.717, 1.165) is 18.4 Å². The summed E-state index contributed by atoms with van der Waals surface area (Å²) in [5.74, 6) is 0. The van der Waals surface area contributed by atoms with Crippen LogP contribution in [0.2, 0.25) is 5.02 Å². The van der Waals surface area contributed by atoms with Crippen LogP contribution in [0.25, 0.3) is 0 Å². The lowest BCUT2D eigenvalue weighted by atomic mass is 10.2. The minimum absolute atomic E-state index is 0.0913. The molecule has 4 nitrogen and oxygen atoms in total. The highest BCUT2D eigenvalue weighted by Gasteiger charge is 2.42. The van der Waals surface area contributed by atoms with Crippen LogP contribution >= 0.6 is 23.4 Å². The molecule has 0 unspecified atom stereocenters. The highest BCUT2D eigenvalue weighted by atomic mass is 35.5. The van der Waals surface area contributed by atoms with Gasteiger partial charge in [-0.2, -0.15) is 11.8 Å². The Morgan fingerprint density at radius 2 is 2.16 bits per heavy atom. The van der Waals surface area contributed by atoms with E-state index in [0.29, 0.717) is 18.1 Å². The Bertz CT molecular complexity index is 571. The Hall–Kier alpha value is -0.270. The number of nitrogens with two attached hydrogens (primary N) is 1. The smallest absolute Gasteiger partial charge is 0.240 e. The lowest BCUT2D eigenvalue weighted by molar-refractivity contribution is 0.579. The number of hydrogen-bond acceptors (Lipinski definition) is 4. The van der Waals surface area contributed by atoms with Crippen molar-refractivity contribution in [1.82, 2.24) is 4.72 Å². The van der Waals surface area contributed by atoms with Crippen molar-refractivity contribution in [3.05, 3.63) is 28.8 Å². The summed E-state index contributed by atoms with van der Waals surface area (Å²) in [5.41, 5.74) is 6.24. The summed E-state index contributed by atoms with van der Waals surface area (Å²) in [6.45, 7) is 0.759. The highest BCUT2D eigenvalue weighted by Crippen LogP contribution is 2.46. The second-order valence-electron chi connectivity index (χ2n) is 4.67. The molecule has 19 heavy (non-hydrogen) atoms. The average molecular weight is 321 g/mol. The second-order valence-corrected chi connectivity index (χ2v) is 8.12. The van der Waals surface area contributed by atoms with Gasteiger partial charge < -0.3 is 5.73 Å². The molecular weight excluding hydrogens is 304 g/mol. The third-order valence-corrected chi connectivity index (χ3v) is 6.55. The van der Waals surface area contributed by atoms with Gasteiger partial charge in [0, 0.05) is 22.9 Å². The molecule has 1 aliphatic carbocycles. The van der Waals surface area contributed by atoms with Gasteiger partial charge in [-0.25, -0.2) is 13.1 Å². The molecule has 1 aliphatic rings. The number of benzene rings is 1. The fourth-order valence-corrected chi connectivity index (χ4v) is 4.06. The monoisotopic (exact) mass is 320 g/mol. The Labute approximate surface area is 123 Å². The van der Waals surface area contributed by atoms with Crippen LogP contribution in [0.3, 0.4) is 0 Å². The zero-order valence-electron chi connectivity index (χ0n) is 10.6. The predicted molar refractivity (Wildman–Crippen MR) is 80.0 cm³/mol. The summed E-state index contributed by atoms with van der Waals surface area (Å²) in [5, 5.41) is 0.386. The van der Waals surface area contributed by atoms with Crippen molar-refractivity contribution >= 4 is 33.4 Å². The van der Waals surface area contributed by atoms with Gasteiger partial charge in [-0.3, -0.25) is 0 Å². The molecule has 0 radical (unpaired) electrons. The minimum atomic E-state index is -3.50. The van der Waals surface area contributed by atoms with Crippen molar-refractivity contribution in [1.29, 1.82) is 0 Å². The molecule has 0 amide bonds. The van der Waals surface area contributed by atoms with E-state index >= 15 is 0 Å². The molecule has 1 aromatic rings. The van der Waals surface area contributed by atoms with Crippen molar-refractivity contribution < 1.29 is 8.42 Å². The molecule has 0 saturated heterocycles. The van der Waals surface area contributed by atoms with Crippen LogP contribution < -0.4 is 10.5 Å². The van der Waals surface area contributed by atoms with E-state index in [1.807, 2.05) is 6.26 Å². The number of rotatable bonds is 6. The van der Waals surface area contributed by atoms with Crippen LogP contribution in [0.15, 0.2) is 23.1 Å². The topological polar surface area (TPSA) is 72.2 Å². The van der Waals surface area contributed by atoms with Crippen LogP contribution in [0.1, 0.15) is 18.4 Å². The molecule has 2 rings (SSSR count). The van der Waals surface area contributed by atoms with Crippen LogP contribution in [0.4, 0.5) is 0 Å². The molecule has 0 spiro atoms. The zero-order valence-corrected chi connectivity index (χ0v) is 13.0. The first-order valence-electron chi connectivity index (χ1n) is 5.96. The lowest BCUT2D eigenvalue weighted by Gasteiger charge is -2.14. The van der Waals surface area contributed by atoms with E-state index in [9.17, 15) is 8.42 Å². The quantitative estimate of drug-likeness (QED) is 0.840. The van der Waals surface area contributed by atoms with Gasteiger partial charge in [-0.05, 0) is 36.8 Å². The Morgan fingerprint density at radius 1 is 1.47 bits per heavy atom. The first-order chi connectivity index (χ1) is 8.92. The number of hydrogen-bond donors (Lipinski definition) is 2. The van der Waals surface area contributed by atoms with E-state index in [4.69, 9.17) is 17.3 Å². The summed E-state index contributed by atoms with van der Waals surface area (Å²) in [6.07, 6.45) is 4.13. The van der Waals surface area contributed by atoms with Gasteiger partial charge in [0.2, 0.25) is 10.0 Å². The molecule has 1 aromatic carbocycles. The third-order valence-electron chi connectivity index (χ3n) is 3.38. The Morgan fingerprint density at radius 3 is 2.63 bits per heavy atom. The van der Waals surface area contributed by atoms with Gasteiger partial charge in [-0.1, -0.05) is 17.7 Å². The molecule has 0 bridgehead atoms. The zero-order chi connectivity index (χ0) is 14.1. The average Bonchev–Trinajstić information content (AvgIpc) is 3.17. The van der Waals surface area contributed by atoms with E-state index in [1.54, 1.807) is 17.8 Å². The maximum atomic E-state index is 12.2. The fourth-order valence-electron chi connectivity index (χ4n) is 1.76. The second kappa shape index (κ2) is 5.61. The molecule has 106 valence electrons. The first-order valence-corrected chi connectivity index (χ1v) is 9.04. The molecule has 1 fully saturated rings. The molecule has 0 atom stereocenters. The molecule has 7 heteroatoms. The van der Waals surface area contributed by atoms with Gasteiger partial charge in [0.1, 0.15) is 0 Å². The number of halogens is 1. The van der Waals surface area contributed by atoms with Crippen LogP contribution in [-0.2, 0) is 16.6 Å². The summed E-state index contributed by atoms with van der Waals surface area (Å²) in [7, 11) is -3.50. The van der Waals surface area contributed by atoms with Gasteiger partial charge in [0.05, 0.1) is 4.90 Å². The summed E-state index contributed by atoms with van der Waals surface area (Å²) < 4.78 is 27.1. The van der Waals surface area contributed by atoms with Gasteiger partial charge in [-0.15, -0.1) is 0 Å². The minimum Gasteiger partial charge on any atom is -0.326 e.